The monoisotopic (exact) mass is 568 g/mol. The molecule has 5 aromatic rings. The quantitative estimate of drug-likeness (QED) is 0.335. The van der Waals surface area contributed by atoms with Crippen molar-refractivity contribution in [3.63, 3.8) is 0 Å². The molecule has 2 amide bonds. The Morgan fingerprint density at radius 2 is 1.86 bits per heavy atom. The smallest absolute Gasteiger partial charge is 0.320 e. The van der Waals surface area contributed by atoms with E-state index in [-0.39, 0.29) is 17.4 Å². The second kappa shape index (κ2) is 9.32. The molecule has 1 spiro atoms. The average molecular weight is 569 g/mol. The summed E-state index contributed by atoms with van der Waals surface area (Å²) in [5.74, 6) is -0.370. The van der Waals surface area contributed by atoms with Gasteiger partial charge < -0.3 is 19.3 Å². The van der Waals surface area contributed by atoms with Gasteiger partial charge in [-0.25, -0.2) is 14.2 Å². The van der Waals surface area contributed by atoms with E-state index in [2.05, 4.69) is 31.7 Å². The molecule has 4 aromatic heterocycles. The van der Waals surface area contributed by atoms with Crippen LogP contribution < -0.4 is 5.56 Å². The zero-order valence-electron chi connectivity index (χ0n) is 23.6. The molecular weight excluding hydrogens is 535 g/mol. The molecule has 42 heavy (non-hydrogen) atoms. The SMILES string of the molecule is CN1CCC2(CCN(C(=O)N3CCn4cc(-c5[nH][nH]c(=O)c5-c5cnc6ccccn56)c5cc(F)cc(c54)C3)CC2)C1. The molecule has 0 unspecified atom stereocenters. The van der Waals surface area contributed by atoms with E-state index >= 15 is 4.39 Å². The first-order valence-corrected chi connectivity index (χ1v) is 14.7. The van der Waals surface area contributed by atoms with Crippen molar-refractivity contribution in [2.75, 3.05) is 39.8 Å². The van der Waals surface area contributed by atoms with Gasteiger partial charge in [0.05, 0.1) is 28.7 Å². The molecule has 2 fully saturated rings. The first-order valence-electron chi connectivity index (χ1n) is 14.7. The van der Waals surface area contributed by atoms with Gasteiger partial charge in [0.2, 0.25) is 0 Å². The van der Waals surface area contributed by atoms with E-state index in [9.17, 15) is 9.59 Å². The summed E-state index contributed by atoms with van der Waals surface area (Å²) in [4.78, 5) is 37.5. The maximum absolute atomic E-state index is 15.2. The van der Waals surface area contributed by atoms with E-state index in [4.69, 9.17) is 0 Å². The molecule has 0 bridgehead atoms. The van der Waals surface area contributed by atoms with Crippen LogP contribution >= 0.6 is 0 Å². The maximum Gasteiger partial charge on any atom is 0.320 e. The minimum absolute atomic E-state index is 0.0319. The molecule has 216 valence electrons. The molecule has 8 rings (SSSR count). The number of nitrogens with zero attached hydrogens (tertiary/aromatic N) is 6. The Morgan fingerprint density at radius 1 is 1.02 bits per heavy atom. The van der Waals surface area contributed by atoms with Gasteiger partial charge >= 0.3 is 6.03 Å². The third-order valence-corrected chi connectivity index (χ3v) is 9.70. The van der Waals surface area contributed by atoms with Crippen LogP contribution in [0.25, 0.3) is 39.1 Å². The summed E-state index contributed by atoms with van der Waals surface area (Å²) in [6, 6.07) is 8.76. The number of halogens is 1. The van der Waals surface area contributed by atoms with Gasteiger partial charge in [-0.05, 0) is 68.1 Å². The van der Waals surface area contributed by atoms with Crippen molar-refractivity contribution < 1.29 is 9.18 Å². The second-order valence-corrected chi connectivity index (χ2v) is 12.3. The number of carbonyl (C=O) groups is 1. The Labute approximate surface area is 241 Å². The van der Waals surface area contributed by atoms with E-state index in [1.807, 2.05) is 44.8 Å². The normalized spacial score (nSPS) is 18.9. The number of aromatic amines is 2. The van der Waals surface area contributed by atoms with Crippen LogP contribution in [0.5, 0.6) is 0 Å². The van der Waals surface area contributed by atoms with Crippen LogP contribution in [-0.2, 0) is 13.1 Å². The van der Waals surface area contributed by atoms with Crippen molar-refractivity contribution in [1.29, 1.82) is 0 Å². The number of aromatic nitrogens is 5. The first kappa shape index (κ1) is 25.3. The number of pyridine rings is 1. The lowest BCUT2D eigenvalue weighted by Crippen LogP contribution is -2.49. The Morgan fingerprint density at radius 3 is 2.67 bits per heavy atom. The zero-order valence-corrected chi connectivity index (χ0v) is 23.6. The number of carbonyl (C=O) groups excluding carboxylic acids is 1. The minimum Gasteiger partial charge on any atom is -0.345 e. The minimum atomic E-state index is -0.370. The van der Waals surface area contributed by atoms with Crippen molar-refractivity contribution in [3.05, 3.63) is 70.7 Å². The van der Waals surface area contributed by atoms with Crippen LogP contribution in [0.2, 0.25) is 0 Å². The van der Waals surface area contributed by atoms with Crippen LogP contribution in [0.3, 0.4) is 0 Å². The first-order chi connectivity index (χ1) is 20.4. The lowest BCUT2D eigenvalue weighted by atomic mass is 9.78. The fourth-order valence-corrected chi connectivity index (χ4v) is 7.52. The summed E-state index contributed by atoms with van der Waals surface area (Å²) in [5, 5.41) is 6.49. The van der Waals surface area contributed by atoms with Gasteiger partial charge in [-0.2, -0.15) is 0 Å². The van der Waals surface area contributed by atoms with Crippen LogP contribution in [0.15, 0.2) is 53.7 Å². The lowest BCUT2D eigenvalue weighted by molar-refractivity contribution is 0.0981. The standard InChI is InChI=1S/C31H33FN8O2/c1-36-9-5-31(19-36)6-10-37(11-7-31)30(42)39-13-12-38-18-23(22-15-21(32)14-20(17-39)28(22)38)27-26(29(41)35-34-27)24-16-33-25-4-2-3-8-40(24)25/h2-4,8,14-16,18H,5-7,9-13,17,19H2,1H3,(H2,34,35,41). The summed E-state index contributed by atoms with van der Waals surface area (Å²) in [7, 11) is 2.18. The van der Waals surface area contributed by atoms with Crippen LogP contribution in [0.1, 0.15) is 24.8 Å². The summed E-state index contributed by atoms with van der Waals surface area (Å²) in [5.41, 5.74) is 4.86. The number of imidazole rings is 1. The molecule has 1 aromatic carbocycles. The number of H-pyrrole nitrogens is 2. The predicted molar refractivity (Wildman–Crippen MR) is 158 cm³/mol. The van der Waals surface area contributed by atoms with E-state index in [1.54, 1.807) is 12.3 Å². The van der Waals surface area contributed by atoms with Gasteiger partial charge in [0.1, 0.15) is 11.5 Å². The van der Waals surface area contributed by atoms with E-state index in [1.165, 1.54) is 12.5 Å². The molecule has 0 saturated carbocycles. The molecule has 7 heterocycles. The number of urea groups is 1. The number of piperidine rings is 1. The molecule has 11 heteroatoms. The van der Waals surface area contributed by atoms with Gasteiger partial charge in [-0.1, -0.05) is 6.07 Å². The molecule has 3 aliphatic heterocycles. The van der Waals surface area contributed by atoms with Crippen LogP contribution in [0, 0.1) is 11.2 Å². The van der Waals surface area contributed by atoms with Crippen LogP contribution in [0.4, 0.5) is 9.18 Å². The number of benzene rings is 1. The number of likely N-dealkylation sites (tertiary alicyclic amines) is 2. The van der Waals surface area contributed by atoms with Gasteiger partial charge in [0, 0.05) is 62.6 Å². The van der Waals surface area contributed by atoms with E-state index in [0.29, 0.717) is 47.4 Å². The third kappa shape index (κ3) is 3.90. The highest BCUT2D eigenvalue weighted by molar-refractivity contribution is 6.00. The average Bonchev–Trinajstić information content (AvgIpc) is 3.73. The molecular formula is C31H33FN8O2. The predicted octanol–water partition coefficient (Wildman–Crippen LogP) is 4.13. The summed E-state index contributed by atoms with van der Waals surface area (Å²) < 4.78 is 19.2. The van der Waals surface area contributed by atoms with Crippen molar-refractivity contribution >= 4 is 22.6 Å². The van der Waals surface area contributed by atoms with Crippen molar-refractivity contribution in [3.8, 4) is 22.5 Å². The summed E-state index contributed by atoms with van der Waals surface area (Å²) in [6.45, 7) is 5.22. The highest BCUT2D eigenvalue weighted by Gasteiger charge is 2.41. The van der Waals surface area contributed by atoms with Gasteiger partial charge in [-0.3, -0.25) is 19.4 Å². The highest BCUT2D eigenvalue weighted by atomic mass is 19.1. The molecule has 10 nitrogen and oxygen atoms in total. The van der Waals surface area contributed by atoms with Gasteiger partial charge in [-0.15, -0.1) is 0 Å². The van der Waals surface area contributed by atoms with Crippen molar-refractivity contribution in [2.24, 2.45) is 5.41 Å². The highest BCUT2D eigenvalue weighted by Crippen LogP contribution is 2.41. The molecule has 2 saturated heterocycles. The largest absolute Gasteiger partial charge is 0.345 e. The molecule has 0 radical (unpaired) electrons. The number of fused-ring (bicyclic) bond motifs is 1. The zero-order chi connectivity index (χ0) is 28.6. The van der Waals surface area contributed by atoms with Crippen molar-refractivity contribution in [1.82, 2.24) is 38.8 Å². The number of rotatable bonds is 2. The maximum atomic E-state index is 15.2. The molecule has 3 aliphatic rings. The molecule has 2 N–H and O–H groups in total. The number of hydrogen-bond donors (Lipinski definition) is 2. The Hall–Kier alpha value is -4.38. The van der Waals surface area contributed by atoms with Crippen molar-refractivity contribution in [2.45, 2.75) is 32.4 Å². The fraction of sp³-hybridized carbons (Fsp3) is 0.387. The Kier molecular flexibility index (Phi) is 5.62. The fourth-order valence-electron chi connectivity index (χ4n) is 7.52. The van der Waals surface area contributed by atoms with Gasteiger partial charge in [0.25, 0.3) is 5.56 Å². The second-order valence-electron chi connectivity index (χ2n) is 12.3. The topological polar surface area (TPSA) is 97.7 Å². The van der Waals surface area contributed by atoms with Gasteiger partial charge in [0.15, 0.2) is 0 Å². The van der Waals surface area contributed by atoms with E-state index < -0.39 is 0 Å². The van der Waals surface area contributed by atoms with Crippen LogP contribution in [-0.4, -0.2) is 84.7 Å². The molecule has 0 atom stereocenters. The number of amides is 2. The Balaban J connectivity index is 1.13. The van der Waals surface area contributed by atoms with E-state index in [0.717, 1.165) is 61.3 Å². The molecule has 0 aliphatic carbocycles. The number of nitrogens with one attached hydrogen (secondary N) is 2. The third-order valence-electron chi connectivity index (χ3n) is 9.70. The number of hydrogen-bond acceptors (Lipinski definition) is 4. The summed E-state index contributed by atoms with van der Waals surface area (Å²) in [6.07, 6.45) is 8.80. The lowest BCUT2D eigenvalue weighted by Gasteiger charge is -2.41. The summed E-state index contributed by atoms with van der Waals surface area (Å²) >= 11 is 0. The Bertz CT molecular complexity index is 1910.